The fourth-order valence-corrected chi connectivity index (χ4v) is 1.91. The van der Waals surface area contributed by atoms with E-state index in [2.05, 4.69) is 35.6 Å². The summed E-state index contributed by atoms with van der Waals surface area (Å²) in [4.78, 5) is 11.3. The number of nitrogens with zero attached hydrogens (tertiary/aromatic N) is 3. The fourth-order valence-electron chi connectivity index (χ4n) is 1.71. The highest BCUT2D eigenvalue weighted by molar-refractivity contribution is 6.18. The molecule has 0 aliphatic rings. The molecule has 0 saturated carbocycles. The normalized spacial score (nSPS) is 10.9. The molecule has 0 radical (unpaired) electrons. The molecule has 0 fully saturated rings. The Morgan fingerprint density at radius 3 is 2.53 bits per heavy atom. The average Bonchev–Trinajstić information content (AvgIpc) is 2.28. The van der Waals surface area contributed by atoms with E-state index in [-0.39, 0.29) is 0 Å². The molecule has 0 bridgehead atoms. The maximum Gasteiger partial charge on any atom is 0.133 e. The zero-order valence-electron chi connectivity index (χ0n) is 11.2. The Balaban J connectivity index is 3.00. The molecule has 1 aromatic rings. The van der Waals surface area contributed by atoms with Gasteiger partial charge in [-0.2, -0.15) is 0 Å². The van der Waals surface area contributed by atoms with Crippen LogP contribution in [0.4, 0.5) is 5.82 Å². The minimum absolute atomic E-state index is 0.355. The second-order valence-corrected chi connectivity index (χ2v) is 4.93. The molecule has 3 nitrogen and oxygen atoms in total. The highest BCUT2D eigenvalue weighted by Crippen LogP contribution is 2.17. The lowest BCUT2D eigenvalue weighted by atomic mass is 10.2. The number of hydrogen-bond acceptors (Lipinski definition) is 3. The van der Waals surface area contributed by atoms with E-state index in [1.54, 1.807) is 0 Å². The highest BCUT2D eigenvalue weighted by atomic mass is 35.5. The van der Waals surface area contributed by atoms with Crippen molar-refractivity contribution in [2.45, 2.75) is 40.0 Å². The minimum Gasteiger partial charge on any atom is -0.355 e. The van der Waals surface area contributed by atoms with Crippen LogP contribution in [0.5, 0.6) is 0 Å². The van der Waals surface area contributed by atoms with Crippen molar-refractivity contribution in [1.82, 2.24) is 9.97 Å². The number of hydrogen-bond donors (Lipinski definition) is 0. The summed E-state index contributed by atoms with van der Waals surface area (Å²) in [6, 6.07) is 2.04. The summed E-state index contributed by atoms with van der Waals surface area (Å²) in [6.07, 6.45) is 1.09. The molecule has 96 valence electrons. The lowest BCUT2D eigenvalue weighted by Gasteiger charge is -2.23. The zero-order valence-corrected chi connectivity index (χ0v) is 12.0. The lowest BCUT2D eigenvalue weighted by Crippen LogP contribution is -2.27. The van der Waals surface area contributed by atoms with Crippen LogP contribution in [0.15, 0.2) is 6.07 Å². The van der Waals surface area contributed by atoms with E-state index >= 15 is 0 Å². The summed E-state index contributed by atoms with van der Waals surface area (Å²) in [7, 11) is 0. The van der Waals surface area contributed by atoms with Gasteiger partial charge in [-0.05, 0) is 13.3 Å². The molecule has 0 aromatic carbocycles. The Labute approximate surface area is 109 Å². The Hall–Kier alpha value is -0.830. The monoisotopic (exact) mass is 255 g/mol. The minimum atomic E-state index is 0.355. The Kier molecular flexibility index (Phi) is 5.69. The number of aromatic nitrogens is 2. The second-order valence-electron chi connectivity index (χ2n) is 4.56. The molecule has 0 saturated heterocycles. The molecule has 0 unspecified atom stereocenters. The first kappa shape index (κ1) is 14.2. The Morgan fingerprint density at radius 2 is 2.00 bits per heavy atom. The zero-order chi connectivity index (χ0) is 12.8. The van der Waals surface area contributed by atoms with Crippen LogP contribution < -0.4 is 4.90 Å². The van der Waals surface area contributed by atoms with Crippen molar-refractivity contribution in [3.05, 3.63) is 17.6 Å². The number of halogens is 1. The van der Waals surface area contributed by atoms with Gasteiger partial charge >= 0.3 is 0 Å². The molecular weight excluding hydrogens is 234 g/mol. The summed E-state index contributed by atoms with van der Waals surface area (Å²) < 4.78 is 0. The molecule has 0 amide bonds. The molecule has 0 aliphatic heterocycles. The topological polar surface area (TPSA) is 29.0 Å². The highest BCUT2D eigenvalue weighted by Gasteiger charge is 2.11. The van der Waals surface area contributed by atoms with Crippen molar-refractivity contribution in [1.29, 1.82) is 0 Å². The van der Waals surface area contributed by atoms with E-state index in [1.165, 1.54) is 0 Å². The third-order valence-electron chi connectivity index (χ3n) is 2.55. The van der Waals surface area contributed by atoms with Gasteiger partial charge in [0.25, 0.3) is 0 Å². The lowest BCUT2D eigenvalue weighted by molar-refractivity contribution is 0.733. The van der Waals surface area contributed by atoms with E-state index in [1.807, 2.05) is 13.0 Å². The van der Waals surface area contributed by atoms with Crippen LogP contribution in [-0.4, -0.2) is 28.9 Å². The molecule has 0 atom stereocenters. The largest absolute Gasteiger partial charge is 0.355 e. The van der Waals surface area contributed by atoms with Crippen LogP contribution in [0.1, 0.15) is 44.6 Å². The molecule has 1 heterocycles. The first-order valence-electron chi connectivity index (χ1n) is 6.25. The van der Waals surface area contributed by atoms with Gasteiger partial charge in [0, 0.05) is 36.6 Å². The van der Waals surface area contributed by atoms with Gasteiger partial charge in [-0.25, -0.2) is 9.97 Å². The first-order valence-corrected chi connectivity index (χ1v) is 6.78. The van der Waals surface area contributed by atoms with Gasteiger partial charge in [0.2, 0.25) is 0 Å². The average molecular weight is 256 g/mol. The molecule has 0 aliphatic carbocycles. The second kappa shape index (κ2) is 6.80. The summed E-state index contributed by atoms with van der Waals surface area (Å²) in [5.41, 5.74) is 1.02. The van der Waals surface area contributed by atoms with Crippen LogP contribution in [0.3, 0.4) is 0 Å². The molecule has 0 spiro atoms. The van der Waals surface area contributed by atoms with Gasteiger partial charge < -0.3 is 4.90 Å². The summed E-state index contributed by atoms with van der Waals surface area (Å²) in [5.74, 6) is 2.90. The van der Waals surface area contributed by atoms with Gasteiger partial charge in [-0.15, -0.1) is 11.6 Å². The van der Waals surface area contributed by atoms with Crippen molar-refractivity contribution in [2.24, 2.45) is 0 Å². The van der Waals surface area contributed by atoms with Gasteiger partial charge in [0.15, 0.2) is 0 Å². The van der Waals surface area contributed by atoms with E-state index in [9.17, 15) is 0 Å². The number of anilines is 1. The molecule has 1 rings (SSSR count). The fraction of sp³-hybridized carbons (Fsp3) is 0.692. The van der Waals surface area contributed by atoms with Crippen LogP contribution in [0.25, 0.3) is 0 Å². The van der Waals surface area contributed by atoms with Gasteiger partial charge in [0.05, 0.1) is 0 Å². The number of alkyl halides is 1. The smallest absolute Gasteiger partial charge is 0.133 e. The quantitative estimate of drug-likeness (QED) is 0.730. The van der Waals surface area contributed by atoms with E-state index < -0.39 is 0 Å². The van der Waals surface area contributed by atoms with Crippen LogP contribution in [0, 0.1) is 6.92 Å². The molecule has 1 aromatic heterocycles. The SMILES string of the molecule is CCCN(CCCl)c1cc(C)nc(C(C)C)n1. The molecule has 17 heavy (non-hydrogen) atoms. The van der Waals surface area contributed by atoms with E-state index in [0.29, 0.717) is 11.8 Å². The predicted molar refractivity (Wildman–Crippen MR) is 74.1 cm³/mol. The van der Waals surface area contributed by atoms with Crippen LogP contribution >= 0.6 is 11.6 Å². The van der Waals surface area contributed by atoms with E-state index in [0.717, 1.165) is 36.8 Å². The number of rotatable bonds is 6. The third kappa shape index (κ3) is 4.15. The van der Waals surface area contributed by atoms with Gasteiger partial charge in [-0.3, -0.25) is 0 Å². The van der Waals surface area contributed by atoms with Crippen LogP contribution in [0.2, 0.25) is 0 Å². The summed E-state index contributed by atoms with van der Waals surface area (Å²) in [6.45, 7) is 10.2. The maximum atomic E-state index is 5.84. The van der Waals surface area contributed by atoms with Gasteiger partial charge in [0.1, 0.15) is 11.6 Å². The van der Waals surface area contributed by atoms with Crippen molar-refractivity contribution in [2.75, 3.05) is 23.9 Å². The van der Waals surface area contributed by atoms with Crippen LogP contribution in [-0.2, 0) is 0 Å². The molecule has 4 heteroatoms. The first-order chi connectivity index (χ1) is 8.08. The molecular formula is C13H22ClN3. The van der Waals surface area contributed by atoms with Crippen molar-refractivity contribution >= 4 is 17.4 Å². The van der Waals surface area contributed by atoms with Crippen molar-refractivity contribution in [3.63, 3.8) is 0 Å². The summed E-state index contributed by atoms with van der Waals surface area (Å²) >= 11 is 5.84. The van der Waals surface area contributed by atoms with E-state index in [4.69, 9.17) is 11.6 Å². The van der Waals surface area contributed by atoms with Crippen molar-refractivity contribution in [3.8, 4) is 0 Å². The third-order valence-corrected chi connectivity index (χ3v) is 2.72. The Bertz CT molecular complexity index is 347. The Morgan fingerprint density at radius 1 is 1.29 bits per heavy atom. The standard InChI is InChI=1S/C13H22ClN3/c1-5-7-17(8-6-14)12-9-11(4)15-13(16-12)10(2)3/h9-10H,5-8H2,1-4H3. The molecule has 0 N–H and O–H groups in total. The maximum absolute atomic E-state index is 5.84. The predicted octanol–water partition coefficient (Wildman–Crippen LogP) is 3.36. The van der Waals surface area contributed by atoms with Crippen molar-refractivity contribution < 1.29 is 0 Å². The summed E-state index contributed by atoms with van der Waals surface area (Å²) in [5, 5.41) is 0. The number of aryl methyl sites for hydroxylation is 1. The van der Waals surface area contributed by atoms with Gasteiger partial charge in [-0.1, -0.05) is 20.8 Å².